The molecule has 2 aromatic heterocycles. The number of hydrogen-bond donors (Lipinski definition) is 0. The van der Waals surface area contributed by atoms with E-state index in [1.54, 1.807) is 35.0 Å². The summed E-state index contributed by atoms with van der Waals surface area (Å²) in [6, 6.07) is 3.24. The van der Waals surface area contributed by atoms with Crippen LogP contribution in [0.4, 0.5) is 0 Å². The Balaban J connectivity index is 2.61. The van der Waals surface area contributed by atoms with Crippen LogP contribution in [0.25, 0.3) is 17.6 Å². The molecule has 0 aromatic carbocycles. The van der Waals surface area contributed by atoms with E-state index in [9.17, 15) is 14.3 Å². The fourth-order valence-electron chi connectivity index (χ4n) is 1.92. The summed E-state index contributed by atoms with van der Waals surface area (Å²) in [4.78, 5) is 18.6. The molecule has 2 heterocycles. The Bertz CT molecular complexity index is 795. The molecule has 114 valence electrons. The van der Waals surface area contributed by atoms with E-state index in [0.29, 0.717) is 17.1 Å². The second-order valence-corrected chi connectivity index (χ2v) is 5.61. The molecule has 0 aliphatic rings. The van der Waals surface area contributed by atoms with Crippen LogP contribution in [-0.2, 0) is 10.8 Å². The van der Waals surface area contributed by atoms with Crippen molar-refractivity contribution in [2.45, 2.75) is 12.1 Å². The number of rotatable bonds is 5. The molecule has 8 heteroatoms. The van der Waals surface area contributed by atoms with Gasteiger partial charge in [-0.3, -0.25) is 14.3 Å². The van der Waals surface area contributed by atoms with Crippen molar-refractivity contribution in [2.75, 3.05) is 6.26 Å². The average Bonchev–Trinajstić information content (AvgIpc) is 2.90. The second-order valence-electron chi connectivity index (χ2n) is 4.34. The summed E-state index contributed by atoms with van der Waals surface area (Å²) in [5.41, 5.74) is 0.789. The summed E-state index contributed by atoms with van der Waals surface area (Å²) in [5, 5.41) is 11.2. The summed E-state index contributed by atoms with van der Waals surface area (Å²) in [5.74, 6) is 0.482. The molecule has 1 atom stereocenters. The molecule has 2 aromatic rings. The normalized spacial score (nSPS) is 12.5. The van der Waals surface area contributed by atoms with Crippen molar-refractivity contribution in [3.8, 4) is 5.82 Å². The minimum Gasteiger partial charge on any atom is -0.301 e. The predicted octanol–water partition coefficient (Wildman–Crippen LogP) is 2.29. The molecule has 0 aliphatic carbocycles. The van der Waals surface area contributed by atoms with Gasteiger partial charge in [0.2, 0.25) is 5.16 Å². The van der Waals surface area contributed by atoms with Crippen LogP contribution < -0.4 is 0 Å². The van der Waals surface area contributed by atoms with Crippen LogP contribution in [-0.4, -0.2) is 29.9 Å². The molecule has 0 fully saturated rings. The van der Waals surface area contributed by atoms with Crippen LogP contribution in [0.5, 0.6) is 0 Å². The monoisotopic (exact) mass is 318 g/mol. The Kier molecular flexibility index (Phi) is 4.62. The van der Waals surface area contributed by atoms with Crippen LogP contribution >= 0.6 is 0 Å². The van der Waals surface area contributed by atoms with Gasteiger partial charge in [0.05, 0.1) is 27.0 Å². The average molecular weight is 318 g/mol. The zero-order chi connectivity index (χ0) is 16.3. The molecule has 1 unspecified atom stereocenters. The summed E-state index contributed by atoms with van der Waals surface area (Å²) in [6.07, 6.45) is 8.14. The number of nitro groups is 1. The van der Waals surface area contributed by atoms with Crippen LogP contribution in [0.2, 0.25) is 0 Å². The number of hydrogen-bond acceptors (Lipinski definition) is 5. The highest BCUT2D eigenvalue weighted by atomic mass is 32.2. The highest BCUT2D eigenvalue weighted by Crippen LogP contribution is 2.24. The molecule has 0 N–H and O–H groups in total. The Morgan fingerprint density at radius 1 is 1.50 bits per heavy atom. The Hall–Kier alpha value is -2.61. The molecule has 0 saturated heterocycles. The zero-order valence-electron chi connectivity index (χ0n) is 12.1. The second kappa shape index (κ2) is 6.44. The third kappa shape index (κ3) is 3.01. The van der Waals surface area contributed by atoms with E-state index in [4.69, 9.17) is 0 Å². The SMILES string of the molecule is C=C(c1ccn(-c2ccnc(S(C)=O)n2)c1/C=C\C)[N+](=O)[O-]. The van der Waals surface area contributed by atoms with Gasteiger partial charge in [-0.05, 0) is 31.7 Å². The van der Waals surface area contributed by atoms with Crippen molar-refractivity contribution in [2.24, 2.45) is 0 Å². The minimum atomic E-state index is -1.31. The first-order valence-electron chi connectivity index (χ1n) is 6.30. The van der Waals surface area contributed by atoms with Crippen LogP contribution in [0, 0.1) is 10.1 Å². The lowest BCUT2D eigenvalue weighted by atomic mass is 10.2. The van der Waals surface area contributed by atoms with Crippen LogP contribution in [0.1, 0.15) is 18.2 Å². The fourth-order valence-corrected chi connectivity index (χ4v) is 2.35. The van der Waals surface area contributed by atoms with E-state index in [0.717, 1.165) is 0 Å². The molecular weight excluding hydrogens is 304 g/mol. The highest BCUT2D eigenvalue weighted by molar-refractivity contribution is 7.84. The van der Waals surface area contributed by atoms with Crippen molar-refractivity contribution in [3.63, 3.8) is 0 Å². The number of allylic oxidation sites excluding steroid dienone is 1. The standard InChI is InChI=1S/C14H14N4O3S/c1-4-5-12-11(10(2)18(19)20)7-9-17(12)13-6-8-15-14(16-13)22(3)21/h4-9H,2H2,1,3H3/b5-4-. The summed E-state index contributed by atoms with van der Waals surface area (Å²) in [7, 11) is -1.31. The lowest BCUT2D eigenvalue weighted by molar-refractivity contribution is -0.375. The number of nitrogens with zero attached hydrogens (tertiary/aromatic N) is 4. The third-order valence-electron chi connectivity index (χ3n) is 2.90. The van der Waals surface area contributed by atoms with E-state index >= 15 is 0 Å². The van der Waals surface area contributed by atoms with Gasteiger partial charge in [0.1, 0.15) is 5.82 Å². The Morgan fingerprint density at radius 2 is 2.23 bits per heavy atom. The molecule has 0 spiro atoms. The van der Waals surface area contributed by atoms with E-state index in [1.807, 2.05) is 6.92 Å². The zero-order valence-corrected chi connectivity index (χ0v) is 12.9. The van der Waals surface area contributed by atoms with Gasteiger partial charge in [-0.1, -0.05) is 6.08 Å². The van der Waals surface area contributed by atoms with E-state index in [-0.39, 0.29) is 10.9 Å². The molecule has 0 saturated carbocycles. The van der Waals surface area contributed by atoms with Crippen molar-refractivity contribution in [1.29, 1.82) is 0 Å². The van der Waals surface area contributed by atoms with Gasteiger partial charge in [0.15, 0.2) is 0 Å². The van der Waals surface area contributed by atoms with E-state index in [2.05, 4.69) is 16.5 Å². The van der Waals surface area contributed by atoms with Gasteiger partial charge < -0.3 is 4.57 Å². The van der Waals surface area contributed by atoms with E-state index in [1.165, 1.54) is 12.5 Å². The Morgan fingerprint density at radius 3 is 2.82 bits per heavy atom. The minimum absolute atomic E-state index is 0.194. The topological polar surface area (TPSA) is 90.9 Å². The maximum absolute atomic E-state index is 11.5. The first kappa shape index (κ1) is 15.8. The quantitative estimate of drug-likeness (QED) is 0.479. The number of aromatic nitrogens is 3. The fraction of sp³-hybridized carbons (Fsp3) is 0.143. The first-order chi connectivity index (χ1) is 10.5. The van der Waals surface area contributed by atoms with Gasteiger partial charge in [-0.2, -0.15) is 0 Å². The lowest BCUT2D eigenvalue weighted by Crippen LogP contribution is -2.05. The van der Waals surface area contributed by atoms with Gasteiger partial charge in [0, 0.05) is 18.6 Å². The van der Waals surface area contributed by atoms with Crippen molar-refractivity contribution < 1.29 is 9.13 Å². The summed E-state index contributed by atoms with van der Waals surface area (Å²) < 4.78 is 13.2. The van der Waals surface area contributed by atoms with Crippen molar-refractivity contribution in [1.82, 2.24) is 14.5 Å². The molecule has 2 rings (SSSR count). The smallest absolute Gasteiger partial charge is 0.271 e. The van der Waals surface area contributed by atoms with Gasteiger partial charge in [-0.15, -0.1) is 0 Å². The largest absolute Gasteiger partial charge is 0.301 e. The molecule has 22 heavy (non-hydrogen) atoms. The molecule has 0 aliphatic heterocycles. The van der Waals surface area contributed by atoms with Gasteiger partial charge in [-0.25, -0.2) is 9.97 Å². The molecule has 0 amide bonds. The van der Waals surface area contributed by atoms with Crippen LogP contribution in [0.15, 0.2) is 42.3 Å². The maximum atomic E-state index is 11.5. The molecular formula is C14H14N4O3S. The molecule has 0 radical (unpaired) electrons. The first-order valence-corrected chi connectivity index (χ1v) is 7.86. The van der Waals surface area contributed by atoms with Gasteiger partial charge in [0.25, 0.3) is 5.70 Å². The van der Waals surface area contributed by atoms with E-state index < -0.39 is 15.7 Å². The highest BCUT2D eigenvalue weighted by Gasteiger charge is 2.19. The maximum Gasteiger partial charge on any atom is 0.271 e. The molecule has 7 nitrogen and oxygen atoms in total. The van der Waals surface area contributed by atoms with Crippen molar-refractivity contribution in [3.05, 3.63) is 58.6 Å². The van der Waals surface area contributed by atoms with Crippen LogP contribution in [0.3, 0.4) is 0 Å². The Labute approximate surface area is 129 Å². The van der Waals surface area contributed by atoms with Gasteiger partial charge >= 0.3 is 0 Å². The summed E-state index contributed by atoms with van der Waals surface area (Å²) in [6.45, 7) is 5.30. The third-order valence-corrected chi connectivity index (χ3v) is 3.62. The molecule has 0 bridgehead atoms. The van der Waals surface area contributed by atoms with Crippen molar-refractivity contribution >= 4 is 22.6 Å². The summed E-state index contributed by atoms with van der Waals surface area (Å²) >= 11 is 0. The predicted molar refractivity (Wildman–Crippen MR) is 84.4 cm³/mol. The lowest BCUT2D eigenvalue weighted by Gasteiger charge is -2.07.